The highest BCUT2D eigenvalue weighted by atomic mass is 35.5. The highest BCUT2D eigenvalue weighted by molar-refractivity contribution is 6.35. The van der Waals surface area contributed by atoms with E-state index in [1.165, 1.54) is 26.3 Å². The van der Waals surface area contributed by atoms with Crippen molar-refractivity contribution in [3.05, 3.63) is 51.8 Å². The molecule has 188 valence electrons. The number of ether oxygens (including phenoxy) is 4. The molecule has 2 unspecified atom stereocenters. The highest BCUT2D eigenvalue weighted by Gasteiger charge is 2.30. The molecule has 3 atom stereocenters. The van der Waals surface area contributed by atoms with Gasteiger partial charge in [0.05, 0.1) is 19.8 Å². The first-order valence-corrected chi connectivity index (χ1v) is 11.7. The summed E-state index contributed by atoms with van der Waals surface area (Å²) < 4.78 is 21.6. The number of methoxy groups -OCH3 is 1. The monoisotopic (exact) mass is 524 g/mol. The average Bonchev–Trinajstić information content (AvgIpc) is 2.85. The Kier molecular flexibility index (Phi) is 9.31. The first-order chi connectivity index (χ1) is 16.7. The Bertz CT molecular complexity index is 1100. The molecule has 0 radical (unpaired) electrons. The molecule has 3 rings (SSSR count). The van der Waals surface area contributed by atoms with Crippen molar-refractivity contribution in [1.82, 2.24) is 10.3 Å². The largest absolute Gasteiger partial charge is 0.493 e. The van der Waals surface area contributed by atoms with Crippen molar-refractivity contribution in [1.29, 1.82) is 0 Å². The van der Waals surface area contributed by atoms with Crippen LogP contribution in [0.5, 0.6) is 11.5 Å². The number of benzene rings is 1. The number of carbonyl (C=O) groups is 3. The second kappa shape index (κ2) is 12.2. The molecule has 1 saturated heterocycles. The van der Waals surface area contributed by atoms with Gasteiger partial charge >= 0.3 is 11.9 Å². The van der Waals surface area contributed by atoms with E-state index in [4.69, 9.17) is 42.1 Å². The zero-order valence-corrected chi connectivity index (χ0v) is 21.0. The van der Waals surface area contributed by atoms with Gasteiger partial charge in [-0.15, -0.1) is 0 Å². The number of halogens is 2. The maximum Gasteiger partial charge on any atom is 0.331 e. The Morgan fingerprint density at radius 1 is 1.23 bits per heavy atom. The van der Waals surface area contributed by atoms with Crippen molar-refractivity contribution in [3.8, 4) is 11.5 Å². The lowest BCUT2D eigenvalue weighted by Crippen LogP contribution is -2.45. The van der Waals surface area contributed by atoms with Gasteiger partial charge in [-0.25, -0.2) is 9.78 Å². The third-order valence-electron chi connectivity index (χ3n) is 5.28. The summed E-state index contributed by atoms with van der Waals surface area (Å²) in [7, 11) is 1.36. The third-order valence-corrected chi connectivity index (χ3v) is 5.87. The molecular formula is C24H26Cl2N2O7. The minimum atomic E-state index is -1.10. The number of nitrogens with one attached hydrogen (secondary N) is 1. The summed E-state index contributed by atoms with van der Waals surface area (Å²) in [5.74, 6) is -2.04. The number of nitrogens with zero attached hydrogens (tertiary/aromatic N) is 1. The molecule has 1 N–H and O–H groups in total. The zero-order chi connectivity index (χ0) is 25.5. The molecule has 0 spiro atoms. The number of esters is 2. The van der Waals surface area contributed by atoms with Gasteiger partial charge in [0.2, 0.25) is 5.75 Å². The SMILES string of the molecule is COc1ccnc(C(=O)N[C@H]2COCC(Cc3ccc(Cl)cc3Cl)CC(C)OC2=O)c1OC(C)=O. The highest BCUT2D eigenvalue weighted by Crippen LogP contribution is 2.30. The van der Waals surface area contributed by atoms with E-state index in [-0.39, 0.29) is 29.7 Å². The molecule has 35 heavy (non-hydrogen) atoms. The molecule has 1 aliphatic heterocycles. The van der Waals surface area contributed by atoms with Crippen molar-refractivity contribution >= 4 is 41.0 Å². The van der Waals surface area contributed by atoms with E-state index in [0.717, 1.165) is 5.56 Å². The second-order valence-electron chi connectivity index (χ2n) is 8.14. The Morgan fingerprint density at radius 3 is 2.69 bits per heavy atom. The number of hydrogen-bond acceptors (Lipinski definition) is 8. The molecule has 11 heteroatoms. The summed E-state index contributed by atoms with van der Waals surface area (Å²) in [4.78, 5) is 41.2. The molecule has 0 saturated carbocycles. The van der Waals surface area contributed by atoms with E-state index >= 15 is 0 Å². The van der Waals surface area contributed by atoms with Crippen molar-refractivity contribution in [2.45, 2.75) is 38.8 Å². The quantitative estimate of drug-likeness (QED) is 0.569. The minimum absolute atomic E-state index is 0.0153. The normalized spacial score (nSPS) is 20.6. The molecule has 2 heterocycles. The van der Waals surface area contributed by atoms with E-state index in [2.05, 4.69) is 10.3 Å². The second-order valence-corrected chi connectivity index (χ2v) is 8.98. The van der Waals surface area contributed by atoms with Crippen LogP contribution in [0.2, 0.25) is 10.0 Å². The van der Waals surface area contributed by atoms with E-state index in [9.17, 15) is 14.4 Å². The van der Waals surface area contributed by atoms with Crippen LogP contribution in [-0.2, 0) is 25.5 Å². The van der Waals surface area contributed by atoms with Crippen LogP contribution in [0.1, 0.15) is 36.3 Å². The Morgan fingerprint density at radius 2 is 2.00 bits per heavy atom. The van der Waals surface area contributed by atoms with Gasteiger partial charge in [0.15, 0.2) is 17.5 Å². The molecule has 1 amide bonds. The predicted octanol–water partition coefficient (Wildman–Crippen LogP) is 3.63. The standard InChI is InChI=1S/C24H26Cl2N2O7/c1-13-8-15(9-16-4-5-17(25)10-18(16)26)11-33-12-19(24(31)34-13)28-23(30)21-22(35-14(2)29)20(32-3)6-7-27-21/h4-7,10,13,15,19H,8-9,11-12H2,1-3H3,(H,28,30)/t13?,15?,19-/m0/s1. The van der Waals surface area contributed by atoms with Crippen LogP contribution >= 0.6 is 23.2 Å². The van der Waals surface area contributed by atoms with Gasteiger partial charge in [-0.2, -0.15) is 0 Å². The Labute approximate surface area is 213 Å². The zero-order valence-electron chi connectivity index (χ0n) is 19.5. The van der Waals surface area contributed by atoms with Crippen molar-refractivity contribution in [2.24, 2.45) is 5.92 Å². The minimum Gasteiger partial charge on any atom is -0.493 e. The molecule has 1 fully saturated rings. The molecule has 0 aliphatic carbocycles. The van der Waals surface area contributed by atoms with Crippen LogP contribution in [0.15, 0.2) is 30.5 Å². The fourth-order valence-electron chi connectivity index (χ4n) is 3.75. The average molecular weight is 525 g/mol. The van der Waals surface area contributed by atoms with Gasteiger partial charge in [0.25, 0.3) is 5.91 Å². The Hall–Kier alpha value is -2.88. The van der Waals surface area contributed by atoms with Crippen molar-refractivity contribution in [2.75, 3.05) is 20.3 Å². The lowest BCUT2D eigenvalue weighted by Gasteiger charge is -2.20. The topological polar surface area (TPSA) is 113 Å². The first kappa shape index (κ1) is 26.7. The van der Waals surface area contributed by atoms with Crippen LogP contribution < -0.4 is 14.8 Å². The van der Waals surface area contributed by atoms with Crippen molar-refractivity contribution < 1.29 is 33.3 Å². The van der Waals surface area contributed by atoms with E-state index in [0.29, 0.717) is 29.5 Å². The van der Waals surface area contributed by atoms with E-state index < -0.39 is 30.0 Å². The molecule has 2 aromatic rings. The van der Waals surface area contributed by atoms with Crippen LogP contribution in [0.4, 0.5) is 0 Å². The summed E-state index contributed by atoms with van der Waals surface area (Å²) in [6, 6.07) is 5.66. The van der Waals surface area contributed by atoms with Gasteiger partial charge in [-0.3, -0.25) is 9.59 Å². The Balaban J connectivity index is 1.72. The van der Waals surface area contributed by atoms with Gasteiger partial charge < -0.3 is 24.3 Å². The molecule has 1 aromatic carbocycles. The fourth-order valence-corrected chi connectivity index (χ4v) is 4.24. The van der Waals surface area contributed by atoms with Gasteiger partial charge in [0.1, 0.15) is 0 Å². The van der Waals surface area contributed by atoms with Crippen LogP contribution in [0, 0.1) is 5.92 Å². The summed E-state index contributed by atoms with van der Waals surface area (Å²) in [6.07, 6.45) is 2.05. The molecule has 9 nitrogen and oxygen atoms in total. The number of pyridine rings is 1. The number of carbonyl (C=O) groups excluding carboxylic acids is 3. The molecule has 1 aromatic heterocycles. The summed E-state index contributed by atoms with van der Waals surface area (Å²) in [5.41, 5.74) is 0.699. The summed E-state index contributed by atoms with van der Waals surface area (Å²) in [5, 5.41) is 3.67. The first-order valence-electron chi connectivity index (χ1n) is 10.9. The molecule has 1 aliphatic rings. The number of hydrogen-bond donors (Lipinski definition) is 1. The lowest BCUT2D eigenvalue weighted by molar-refractivity contribution is -0.151. The molecule has 0 bridgehead atoms. The number of rotatable bonds is 6. The van der Waals surface area contributed by atoms with Gasteiger partial charge in [0, 0.05) is 35.8 Å². The van der Waals surface area contributed by atoms with E-state index in [1.54, 1.807) is 19.1 Å². The maximum absolute atomic E-state index is 13.0. The molecular weight excluding hydrogens is 499 g/mol. The maximum atomic E-state index is 13.0. The predicted molar refractivity (Wildman–Crippen MR) is 128 cm³/mol. The smallest absolute Gasteiger partial charge is 0.331 e. The third kappa shape index (κ3) is 7.30. The van der Waals surface area contributed by atoms with Crippen LogP contribution in [0.3, 0.4) is 0 Å². The van der Waals surface area contributed by atoms with E-state index in [1.807, 2.05) is 6.07 Å². The number of amides is 1. The number of aromatic nitrogens is 1. The summed E-state index contributed by atoms with van der Waals surface area (Å²) >= 11 is 12.3. The van der Waals surface area contributed by atoms with Crippen LogP contribution in [0.25, 0.3) is 0 Å². The van der Waals surface area contributed by atoms with Crippen molar-refractivity contribution in [3.63, 3.8) is 0 Å². The summed E-state index contributed by atoms with van der Waals surface area (Å²) in [6.45, 7) is 3.17. The fraction of sp³-hybridized carbons (Fsp3) is 0.417. The van der Waals surface area contributed by atoms with Gasteiger partial charge in [-0.1, -0.05) is 29.3 Å². The van der Waals surface area contributed by atoms with Gasteiger partial charge in [-0.05, 0) is 43.4 Å². The lowest BCUT2D eigenvalue weighted by atomic mass is 9.94. The number of cyclic esters (lactones) is 1. The van der Waals surface area contributed by atoms with Crippen LogP contribution in [-0.4, -0.2) is 55.3 Å².